The van der Waals surface area contributed by atoms with E-state index in [4.69, 9.17) is 10.5 Å². The summed E-state index contributed by atoms with van der Waals surface area (Å²) in [4.78, 5) is 11.2. The number of ether oxygens (including phenoxy) is 1. The van der Waals surface area contributed by atoms with Crippen LogP contribution in [0.5, 0.6) is 0 Å². The van der Waals surface area contributed by atoms with Crippen LogP contribution in [0.25, 0.3) is 11.1 Å². The number of hydrogen-bond acceptors (Lipinski definition) is 3. The van der Waals surface area contributed by atoms with Crippen molar-refractivity contribution in [2.75, 3.05) is 24.8 Å². The summed E-state index contributed by atoms with van der Waals surface area (Å²) in [5, 5.41) is 2.78. The van der Waals surface area contributed by atoms with E-state index < -0.39 is 0 Å². The van der Waals surface area contributed by atoms with E-state index in [2.05, 4.69) is 5.32 Å². The predicted molar refractivity (Wildman–Crippen MR) is 86.2 cm³/mol. The van der Waals surface area contributed by atoms with Gasteiger partial charge in [0.1, 0.15) is 0 Å². The van der Waals surface area contributed by atoms with E-state index in [9.17, 15) is 4.79 Å². The molecule has 0 unspecified atom stereocenters. The van der Waals surface area contributed by atoms with Gasteiger partial charge in [-0.05, 0) is 29.7 Å². The van der Waals surface area contributed by atoms with Crippen LogP contribution in [0.1, 0.15) is 12.5 Å². The fourth-order valence-corrected chi connectivity index (χ4v) is 2.26. The van der Waals surface area contributed by atoms with Gasteiger partial charge in [0, 0.05) is 31.0 Å². The van der Waals surface area contributed by atoms with Crippen LogP contribution in [0.15, 0.2) is 42.5 Å². The van der Waals surface area contributed by atoms with Gasteiger partial charge in [-0.2, -0.15) is 0 Å². The molecule has 4 heteroatoms. The highest BCUT2D eigenvalue weighted by Gasteiger charge is 2.08. The molecule has 3 N–H and O–H groups in total. The SMILES string of the molecule is COCCc1cccc(-c2cccc(NC(C)=O)c2)c1N. The molecular formula is C17H20N2O2. The molecule has 2 rings (SSSR count). The van der Waals surface area contributed by atoms with Crippen molar-refractivity contribution < 1.29 is 9.53 Å². The molecule has 0 atom stereocenters. The molecule has 4 nitrogen and oxygen atoms in total. The fourth-order valence-electron chi connectivity index (χ4n) is 2.26. The quantitative estimate of drug-likeness (QED) is 0.829. The average molecular weight is 284 g/mol. The standard InChI is InChI=1S/C17H20N2O2/c1-12(20)19-15-7-3-6-14(11-15)16-8-4-5-13(17(16)18)9-10-21-2/h3-8,11H,9-10,18H2,1-2H3,(H,19,20). The van der Waals surface area contributed by atoms with Crippen LogP contribution in [0.4, 0.5) is 11.4 Å². The first-order valence-electron chi connectivity index (χ1n) is 6.86. The second kappa shape index (κ2) is 6.90. The van der Waals surface area contributed by atoms with E-state index in [1.54, 1.807) is 7.11 Å². The highest BCUT2D eigenvalue weighted by molar-refractivity contribution is 5.90. The van der Waals surface area contributed by atoms with Crippen molar-refractivity contribution in [2.24, 2.45) is 0 Å². The molecule has 0 saturated carbocycles. The van der Waals surface area contributed by atoms with Crippen molar-refractivity contribution in [3.05, 3.63) is 48.0 Å². The number of benzene rings is 2. The molecule has 0 aromatic heterocycles. The first kappa shape index (κ1) is 15.1. The van der Waals surface area contributed by atoms with Crippen molar-refractivity contribution in [2.45, 2.75) is 13.3 Å². The number of hydrogen-bond donors (Lipinski definition) is 2. The highest BCUT2D eigenvalue weighted by Crippen LogP contribution is 2.30. The van der Waals surface area contributed by atoms with Gasteiger partial charge in [0.25, 0.3) is 0 Å². The maximum Gasteiger partial charge on any atom is 0.221 e. The summed E-state index contributed by atoms with van der Waals surface area (Å²) in [6, 6.07) is 13.7. The third-order valence-electron chi connectivity index (χ3n) is 3.27. The van der Waals surface area contributed by atoms with Crippen molar-refractivity contribution in [3.63, 3.8) is 0 Å². The number of para-hydroxylation sites is 1. The number of nitrogens with one attached hydrogen (secondary N) is 1. The van der Waals surface area contributed by atoms with E-state index in [0.717, 1.165) is 34.5 Å². The molecule has 0 radical (unpaired) electrons. The Hall–Kier alpha value is -2.33. The van der Waals surface area contributed by atoms with Gasteiger partial charge in [0.05, 0.1) is 6.61 Å². The van der Waals surface area contributed by atoms with Gasteiger partial charge in [-0.1, -0.05) is 30.3 Å². The van der Waals surface area contributed by atoms with Gasteiger partial charge in [-0.25, -0.2) is 0 Å². The van der Waals surface area contributed by atoms with Crippen LogP contribution in [-0.4, -0.2) is 19.6 Å². The number of anilines is 2. The number of amides is 1. The van der Waals surface area contributed by atoms with Crippen molar-refractivity contribution in [1.29, 1.82) is 0 Å². The van der Waals surface area contributed by atoms with Gasteiger partial charge in [-0.15, -0.1) is 0 Å². The molecule has 21 heavy (non-hydrogen) atoms. The summed E-state index contributed by atoms with van der Waals surface area (Å²) in [5.41, 5.74) is 10.8. The van der Waals surface area contributed by atoms with E-state index in [-0.39, 0.29) is 5.91 Å². The minimum Gasteiger partial charge on any atom is -0.398 e. The summed E-state index contributed by atoms with van der Waals surface area (Å²) in [5.74, 6) is -0.0889. The molecule has 0 heterocycles. The molecule has 0 aliphatic rings. The van der Waals surface area contributed by atoms with Crippen LogP contribution >= 0.6 is 0 Å². The van der Waals surface area contributed by atoms with Gasteiger partial charge in [-0.3, -0.25) is 4.79 Å². The zero-order valence-corrected chi connectivity index (χ0v) is 12.3. The minimum atomic E-state index is -0.0889. The molecule has 1 amide bonds. The number of carbonyl (C=O) groups excluding carboxylic acids is 1. The smallest absolute Gasteiger partial charge is 0.221 e. The second-order valence-corrected chi connectivity index (χ2v) is 4.88. The van der Waals surface area contributed by atoms with Gasteiger partial charge in [0.2, 0.25) is 5.91 Å². The van der Waals surface area contributed by atoms with Crippen LogP contribution in [-0.2, 0) is 16.0 Å². The Labute approximate surface area is 124 Å². The van der Waals surface area contributed by atoms with Crippen LogP contribution < -0.4 is 11.1 Å². The molecular weight excluding hydrogens is 264 g/mol. The Balaban J connectivity index is 2.35. The third kappa shape index (κ3) is 3.83. The van der Waals surface area contributed by atoms with Crippen molar-refractivity contribution in [1.82, 2.24) is 0 Å². The molecule has 2 aromatic carbocycles. The topological polar surface area (TPSA) is 64.3 Å². The molecule has 0 saturated heterocycles. The first-order valence-corrected chi connectivity index (χ1v) is 6.86. The lowest BCUT2D eigenvalue weighted by atomic mass is 9.98. The van der Waals surface area contributed by atoms with Crippen LogP contribution in [0, 0.1) is 0 Å². The molecule has 2 aromatic rings. The van der Waals surface area contributed by atoms with Crippen LogP contribution in [0.2, 0.25) is 0 Å². The molecule has 0 spiro atoms. The molecule has 0 aliphatic carbocycles. The fraction of sp³-hybridized carbons (Fsp3) is 0.235. The zero-order valence-electron chi connectivity index (χ0n) is 12.3. The lowest BCUT2D eigenvalue weighted by Crippen LogP contribution is -2.05. The van der Waals surface area contributed by atoms with E-state index >= 15 is 0 Å². The highest BCUT2D eigenvalue weighted by atomic mass is 16.5. The third-order valence-corrected chi connectivity index (χ3v) is 3.27. The Morgan fingerprint density at radius 1 is 1.24 bits per heavy atom. The second-order valence-electron chi connectivity index (χ2n) is 4.88. The lowest BCUT2D eigenvalue weighted by molar-refractivity contribution is -0.114. The molecule has 0 aliphatic heterocycles. The van der Waals surface area contributed by atoms with Gasteiger partial charge < -0.3 is 15.8 Å². The average Bonchev–Trinajstić information content (AvgIpc) is 2.46. The Morgan fingerprint density at radius 3 is 2.71 bits per heavy atom. The monoisotopic (exact) mass is 284 g/mol. The van der Waals surface area contributed by atoms with Crippen LogP contribution in [0.3, 0.4) is 0 Å². The number of carbonyl (C=O) groups is 1. The maximum atomic E-state index is 11.2. The minimum absolute atomic E-state index is 0.0889. The summed E-state index contributed by atoms with van der Waals surface area (Å²) < 4.78 is 5.11. The zero-order chi connectivity index (χ0) is 15.2. The molecule has 0 fully saturated rings. The Kier molecular flexibility index (Phi) is 4.95. The number of rotatable bonds is 5. The Bertz CT molecular complexity index is 638. The number of methoxy groups -OCH3 is 1. The molecule has 110 valence electrons. The lowest BCUT2D eigenvalue weighted by Gasteiger charge is -2.12. The molecule has 0 bridgehead atoms. The summed E-state index contributed by atoms with van der Waals surface area (Å²) in [6.45, 7) is 2.13. The largest absolute Gasteiger partial charge is 0.398 e. The number of nitrogen functional groups attached to an aromatic ring is 1. The first-order chi connectivity index (χ1) is 10.1. The normalized spacial score (nSPS) is 10.4. The predicted octanol–water partition coefficient (Wildman–Crippen LogP) is 3.08. The summed E-state index contributed by atoms with van der Waals surface area (Å²) in [6.07, 6.45) is 0.779. The van der Waals surface area contributed by atoms with Gasteiger partial charge in [0.15, 0.2) is 0 Å². The van der Waals surface area contributed by atoms with Crippen molar-refractivity contribution >= 4 is 17.3 Å². The number of nitrogens with two attached hydrogens (primary N) is 1. The summed E-state index contributed by atoms with van der Waals surface area (Å²) >= 11 is 0. The van der Waals surface area contributed by atoms with E-state index in [0.29, 0.717) is 6.61 Å². The van der Waals surface area contributed by atoms with E-state index in [1.165, 1.54) is 6.92 Å². The van der Waals surface area contributed by atoms with E-state index in [1.807, 2.05) is 42.5 Å². The Morgan fingerprint density at radius 2 is 2.00 bits per heavy atom. The summed E-state index contributed by atoms with van der Waals surface area (Å²) in [7, 11) is 1.68. The maximum absolute atomic E-state index is 11.2. The van der Waals surface area contributed by atoms with Gasteiger partial charge >= 0.3 is 0 Å². The van der Waals surface area contributed by atoms with Crippen molar-refractivity contribution in [3.8, 4) is 11.1 Å².